The summed E-state index contributed by atoms with van der Waals surface area (Å²) in [5, 5.41) is 3.78. The van der Waals surface area contributed by atoms with Crippen molar-refractivity contribution < 1.29 is 9.53 Å². The van der Waals surface area contributed by atoms with Gasteiger partial charge in [0.2, 0.25) is 0 Å². The summed E-state index contributed by atoms with van der Waals surface area (Å²) in [6.07, 6.45) is 1.56. The second-order valence-electron chi connectivity index (χ2n) is 4.06. The minimum absolute atomic E-state index is 0.350. The molecule has 1 unspecified atom stereocenters. The SMILES string of the molecule is COC(=O)c1ccnc(NCC2CSCCS2)c1N. The Kier molecular flexibility index (Phi) is 5.21. The van der Waals surface area contributed by atoms with Crippen LogP contribution in [0, 0.1) is 0 Å². The van der Waals surface area contributed by atoms with Crippen LogP contribution in [0.3, 0.4) is 0 Å². The van der Waals surface area contributed by atoms with Crippen molar-refractivity contribution in [3.63, 3.8) is 0 Å². The van der Waals surface area contributed by atoms with Gasteiger partial charge in [0, 0.05) is 35.3 Å². The molecule has 1 aromatic heterocycles. The fourth-order valence-corrected chi connectivity index (χ4v) is 4.38. The largest absolute Gasteiger partial charge is 0.465 e. The predicted molar refractivity (Wildman–Crippen MR) is 82.0 cm³/mol. The number of thioether (sulfide) groups is 2. The van der Waals surface area contributed by atoms with Crippen molar-refractivity contribution in [1.29, 1.82) is 0 Å². The average molecular weight is 299 g/mol. The molecule has 5 nitrogen and oxygen atoms in total. The van der Waals surface area contributed by atoms with Crippen molar-refractivity contribution >= 4 is 41.0 Å². The third kappa shape index (κ3) is 3.70. The predicted octanol–water partition coefficient (Wildman–Crippen LogP) is 1.71. The molecule has 2 heterocycles. The Balaban J connectivity index is 2.01. The van der Waals surface area contributed by atoms with Gasteiger partial charge in [-0.05, 0) is 6.07 Å². The first-order valence-corrected chi connectivity index (χ1v) is 8.18. The van der Waals surface area contributed by atoms with Gasteiger partial charge in [-0.1, -0.05) is 0 Å². The van der Waals surface area contributed by atoms with Crippen molar-refractivity contribution in [2.24, 2.45) is 0 Å². The molecular formula is C12H17N3O2S2. The molecule has 0 saturated carbocycles. The Hall–Kier alpha value is -1.08. The summed E-state index contributed by atoms with van der Waals surface area (Å²) >= 11 is 3.93. The molecule has 0 amide bonds. The van der Waals surface area contributed by atoms with Crippen LogP contribution < -0.4 is 11.1 Å². The number of hydrogen-bond acceptors (Lipinski definition) is 7. The van der Waals surface area contributed by atoms with E-state index in [0.717, 1.165) is 12.3 Å². The van der Waals surface area contributed by atoms with E-state index < -0.39 is 5.97 Å². The Morgan fingerprint density at radius 2 is 2.47 bits per heavy atom. The van der Waals surface area contributed by atoms with E-state index in [1.807, 2.05) is 23.5 Å². The molecule has 7 heteroatoms. The Morgan fingerprint density at radius 3 is 3.16 bits per heavy atom. The normalized spacial score (nSPS) is 18.9. The van der Waals surface area contributed by atoms with Crippen LogP contribution in [0.15, 0.2) is 12.3 Å². The highest BCUT2D eigenvalue weighted by atomic mass is 32.2. The van der Waals surface area contributed by atoms with Crippen LogP contribution in [0.25, 0.3) is 0 Å². The number of nitrogens with zero attached hydrogens (tertiary/aromatic N) is 1. The highest BCUT2D eigenvalue weighted by Crippen LogP contribution is 2.26. The van der Waals surface area contributed by atoms with Crippen molar-refractivity contribution in [2.75, 3.05) is 42.0 Å². The number of nitrogen functional groups attached to an aromatic ring is 1. The van der Waals surface area contributed by atoms with Gasteiger partial charge in [0.25, 0.3) is 0 Å². The molecule has 0 bridgehead atoms. The Bertz CT molecular complexity index is 451. The second kappa shape index (κ2) is 6.91. The third-order valence-electron chi connectivity index (χ3n) is 2.78. The number of nitrogens with two attached hydrogens (primary N) is 1. The fourth-order valence-electron chi connectivity index (χ4n) is 1.77. The van der Waals surface area contributed by atoms with Crippen LogP contribution in [0.4, 0.5) is 11.5 Å². The minimum Gasteiger partial charge on any atom is -0.465 e. The van der Waals surface area contributed by atoms with Crippen LogP contribution in [-0.2, 0) is 4.74 Å². The van der Waals surface area contributed by atoms with E-state index in [1.54, 1.807) is 12.3 Å². The van der Waals surface area contributed by atoms with E-state index in [4.69, 9.17) is 5.73 Å². The Morgan fingerprint density at radius 1 is 1.63 bits per heavy atom. The van der Waals surface area contributed by atoms with E-state index in [-0.39, 0.29) is 0 Å². The number of esters is 1. The molecule has 1 saturated heterocycles. The van der Waals surface area contributed by atoms with Crippen molar-refractivity contribution in [3.8, 4) is 0 Å². The zero-order chi connectivity index (χ0) is 13.7. The number of methoxy groups -OCH3 is 1. The monoisotopic (exact) mass is 299 g/mol. The van der Waals surface area contributed by atoms with Gasteiger partial charge in [-0.15, -0.1) is 0 Å². The van der Waals surface area contributed by atoms with Crippen molar-refractivity contribution in [2.45, 2.75) is 5.25 Å². The zero-order valence-electron chi connectivity index (χ0n) is 10.7. The molecular weight excluding hydrogens is 282 g/mol. The Labute approximate surface area is 121 Å². The summed E-state index contributed by atoms with van der Waals surface area (Å²) in [6.45, 7) is 0.805. The number of carbonyl (C=O) groups excluding carboxylic acids is 1. The quantitative estimate of drug-likeness (QED) is 0.819. The second-order valence-corrected chi connectivity index (χ2v) is 6.62. The molecule has 1 fully saturated rings. The number of carbonyl (C=O) groups is 1. The van der Waals surface area contributed by atoms with Crippen molar-refractivity contribution in [3.05, 3.63) is 17.8 Å². The molecule has 1 aliphatic heterocycles. The first kappa shape index (κ1) is 14.3. The van der Waals surface area contributed by atoms with E-state index >= 15 is 0 Å². The number of rotatable bonds is 4. The van der Waals surface area contributed by atoms with Gasteiger partial charge >= 0.3 is 5.97 Å². The van der Waals surface area contributed by atoms with E-state index in [0.29, 0.717) is 22.3 Å². The summed E-state index contributed by atoms with van der Waals surface area (Å²) in [6, 6.07) is 1.57. The maximum atomic E-state index is 11.5. The molecule has 2 rings (SSSR count). The smallest absolute Gasteiger partial charge is 0.340 e. The number of pyridine rings is 1. The lowest BCUT2D eigenvalue weighted by molar-refractivity contribution is 0.0602. The lowest BCUT2D eigenvalue weighted by atomic mass is 10.2. The lowest BCUT2D eigenvalue weighted by Crippen LogP contribution is -2.24. The summed E-state index contributed by atoms with van der Waals surface area (Å²) < 4.78 is 4.68. The van der Waals surface area contributed by atoms with Gasteiger partial charge in [0.15, 0.2) is 0 Å². The maximum absolute atomic E-state index is 11.5. The molecule has 19 heavy (non-hydrogen) atoms. The topological polar surface area (TPSA) is 77.2 Å². The number of ether oxygens (including phenoxy) is 1. The molecule has 1 atom stereocenters. The molecule has 1 aromatic rings. The van der Waals surface area contributed by atoms with E-state index in [1.165, 1.54) is 18.6 Å². The van der Waals surface area contributed by atoms with Crippen LogP contribution >= 0.6 is 23.5 Å². The highest BCUT2D eigenvalue weighted by molar-refractivity contribution is 8.06. The molecule has 0 aliphatic carbocycles. The number of nitrogens with one attached hydrogen (secondary N) is 1. The summed E-state index contributed by atoms with van der Waals surface area (Å²) in [7, 11) is 1.34. The molecule has 104 valence electrons. The van der Waals surface area contributed by atoms with Gasteiger partial charge in [-0.25, -0.2) is 9.78 Å². The average Bonchev–Trinajstić information content (AvgIpc) is 2.46. The maximum Gasteiger partial charge on any atom is 0.340 e. The van der Waals surface area contributed by atoms with Crippen LogP contribution in [0.2, 0.25) is 0 Å². The first-order chi connectivity index (χ1) is 9.22. The molecule has 0 aromatic carbocycles. The van der Waals surface area contributed by atoms with Gasteiger partial charge in [0.1, 0.15) is 5.82 Å². The van der Waals surface area contributed by atoms with Crippen LogP contribution in [-0.4, -0.2) is 47.1 Å². The number of aromatic nitrogens is 1. The summed E-state index contributed by atoms with van der Waals surface area (Å²) in [4.78, 5) is 15.7. The van der Waals surface area contributed by atoms with E-state index in [2.05, 4.69) is 15.0 Å². The first-order valence-electron chi connectivity index (χ1n) is 5.98. The van der Waals surface area contributed by atoms with Gasteiger partial charge in [-0.2, -0.15) is 23.5 Å². The van der Waals surface area contributed by atoms with Crippen molar-refractivity contribution in [1.82, 2.24) is 4.98 Å². The minimum atomic E-state index is -0.439. The number of hydrogen-bond donors (Lipinski definition) is 2. The lowest BCUT2D eigenvalue weighted by Gasteiger charge is -2.21. The van der Waals surface area contributed by atoms with Crippen LogP contribution in [0.1, 0.15) is 10.4 Å². The van der Waals surface area contributed by atoms with Gasteiger partial charge in [-0.3, -0.25) is 0 Å². The molecule has 1 aliphatic rings. The molecule has 0 radical (unpaired) electrons. The fraction of sp³-hybridized carbons (Fsp3) is 0.500. The van der Waals surface area contributed by atoms with E-state index in [9.17, 15) is 4.79 Å². The highest BCUT2D eigenvalue weighted by Gasteiger charge is 2.17. The molecule has 0 spiro atoms. The van der Waals surface area contributed by atoms with Gasteiger partial charge in [0.05, 0.1) is 18.4 Å². The van der Waals surface area contributed by atoms with Gasteiger partial charge < -0.3 is 15.8 Å². The number of anilines is 2. The summed E-state index contributed by atoms with van der Waals surface area (Å²) in [5.41, 5.74) is 6.64. The standard InChI is InChI=1S/C12H17N3O2S2/c1-17-12(16)9-2-3-14-11(10(9)13)15-6-8-7-18-4-5-19-8/h2-3,8H,4-7,13H2,1H3,(H,14,15). The summed E-state index contributed by atoms with van der Waals surface area (Å²) in [5.74, 6) is 3.65. The zero-order valence-corrected chi connectivity index (χ0v) is 12.4. The molecule has 3 N–H and O–H groups in total. The third-order valence-corrected chi connectivity index (χ3v) is 5.62. The van der Waals surface area contributed by atoms with Crippen LogP contribution in [0.5, 0.6) is 0 Å².